The minimum atomic E-state index is -0.363. The number of carbonyl (C=O) groups is 1. The van der Waals surface area contributed by atoms with E-state index in [1.54, 1.807) is 26.1 Å². The molecule has 1 fully saturated rings. The summed E-state index contributed by atoms with van der Waals surface area (Å²) in [5.41, 5.74) is 6.69. The highest BCUT2D eigenvalue weighted by Gasteiger charge is 2.31. The monoisotopic (exact) mass is 320 g/mol. The van der Waals surface area contributed by atoms with Crippen LogP contribution in [0.15, 0.2) is 29.3 Å². The van der Waals surface area contributed by atoms with Gasteiger partial charge in [-0.25, -0.2) is 0 Å². The molecule has 1 aliphatic rings. The second-order valence-corrected chi connectivity index (χ2v) is 5.64. The van der Waals surface area contributed by atoms with Gasteiger partial charge in [-0.1, -0.05) is 6.07 Å². The average molecular weight is 320 g/mol. The molecule has 1 saturated heterocycles. The van der Waals surface area contributed by atoms with Crippen LogP contribution in [0, 0.1) is 0 Å². The maximum absolute atomic E-state index is 11.8. The third-order valence-electron chi connectivity index (χ3n) is 3.63. The van der Waals surface area contributed by atoms with Crippen molar-refractivity contribution in [1.29, 1.82) is 0 Å². The SMILES string of the molecule is COc1cccc(NC(N)=NCC2CCC(C(=O)N(C)C)O2)c1. The first kappa shape index (κ1) is 17.1. The van der Waals surface area contributed by atoms with Gasteiger partial charge >= 0.3 is 0 Å². The second-order valence-electron chi connectivity index (χ2n) is 5.64. The first-order valence-corrected chi connectivity index (χ1v) is 7.57. The number of nitrogens with zero attached hydrogens (tertiary/aromatic N) is 2. The van der Waals surface area contributed by atoms with Crippen molar-refractivity contribution in [2.75, 3.05) is 33.1 Å². The molecule has 1 aromatic rings. The number of carbonyl (C=O) groups excluding carboxylic acids is 1. The van der Waals surface area contributed by atoms with Gasteiger partial charge in [0, 0.05) is 25.8 Å². The number of anilines is 1. The highest BCUT2D eigenvalue weighted by Crippen LogP contribution is 2.21. The molecule has 1 aromatic carbocycles. The number of rotatable bonds is 5. The van der Waals surface area contributed by atoms with Crippen molar-refractivity contribution in [3.05, 3.63) is 24.3 Å². The Kier molecular flexibility index (Phi) is 5.81. The van der Waals surface area contributed by atoms with Crippen LogP contribution in [0.4, 0.5) is 5.69 Å². The molecule has 7 nitrogen and oxygen atoms in total. The number of nitrogens with two attached hydrogens (primary N) is 1. The molecule has 2 unspecified atom stereocenters. The Hall–Kier alpha value is -2.28. The van der Waals surface area contributed by atoms with E-state index in [2.05, 4.69) is 10.3 Å². The van der Waals surface area contributed by atoms with E-state index in [4.69, 9.17) is 15.2 Å². The van der Waals surface area contributed by atoms with E-state index < -0.39 is 0 Å². The van der Waals surface area contributed by atoms with E-state index >= 15 is 0 Å². The molecule has 23 heavy (non-hydrogen) atoms. The molecule has 126 valence electrons. The van der Waals surface area contributed by atoms with Crippen molar-refractivity contribution in [2.45, 2.75) is 25.0 Å². The zero-order valence-corrected chi connectivity index (χ0v) is 13.8. The van der Waals surface area contributed by atoms with Crippen LogP contribution in [0.3, 0.4) is 0 Å². The van der Waals surface area contributed by atoms with E-state index in [1.807, 2.05) is 24.3 Å². The summed E-state index contributed by atoms with van der Waals surface area (Å²) in [6.45, 7) is 0.431. The smallest absolute Gasteiger partial charge is 0.251 e. The minimum absolute atomic E-state index is 0.000966. The van der Waals surface area contributed by atoms with Gasteiger partial charge in [0.1, 0.15) is 11.9 Å². The van der Waals surface area contributed by atoms with Crippen LogP contribution < -0.4 is 15.8 Å². The van der Waals surface area contributed by atoms with Crippen molar-refractivity contribution in [3.63, 3.8) is 0 Å². The Morgan fingerprint density at radius 3 is 2.96 bits per heavy atom. The summed E-state index contributed by atoms with van der Waals surface area (Å²) in [6, 6.07) is 7.43. The van der Waals surface area contributed by atoms with Crippen molar-refractivity contribution in [3.8, 4) is 5.75 Å². The van der Waals surface area contributed by atoms with Gasteiger partial charge in [-0.15, -0.1) is 0 Å². The Labute approximate surface area is 136 Å². The number of hydrogen-bond donors (Lipinski definition) is 2. The number of guanidine groups is 1. The van der Waals surface area contributed by atoms with Gasteiger partial charge in [0.2, 0.25) is 0 Å². The predicted octanol–water partition coefficient (Wildman–Crippen LogP) is 1.06. The average Bonchev–Trinajstić information content (AvgIpc) is 3.01. The Balaban J connectivity index is 1.84. The number of nitrogens with one attached hydrogen (secondary N) is 1. The summed E-state index contributed by atoms with van der Waals surface area (Å²) in [7, 11) is 5.07. The van der Waals surface area contributed by atoms with Crippen LogP contribution in [0.1, 0.15) is 12.8 Å². The Bertz CT molecular complexity index is 574. The number of likely N-dealkylation sites (N-methyl/N-ethyl adjacent to an activating group) is 1. The summed E-state index contributed by atoms with van der Waals surface area (Å²) in [4.78, 5) is 17.7. The summed E-state index contributed by atoms with van der Waals surface area (Å²) < 4.78 is 10.9. The number of methoxy groups -OCH3 is 1. The summed E-state index contributed by atoms with van der Waals surface area (Å²) in [5.74, 6) is 1.05. The molecule has 0 saturated carbocycles. The zero-order chi connectivity index (χ0) is 16.8. The molecule has 2 atom stereocenters. The van der Waals surface area contributed by atoms with Crippen molar-refractivity contribution in [2.24, 2.45) is 10.7 Å². The molecular weight excluding hydrogens is 296 g/mol. The standard InChI is InChI=1S/C16H24N4O3/c1-20(2)15(21)14-8-7-13(23-14)10-18-16(17)19-11-5-4-6-12(9-11)22-3/h4-6,9,13-14H,7-8,10H2,1-3H3,(H3,17,18,19). The van der Waals surface area contributed by atoms with E-state index in [-0.39, 0.29) is 18.1 Å². The van der Waals surface area contributed by atoms with Gasteiger partial charge in [0.15, 0.2) is 5.96 Å². The normalized spacial score (nSPS) is 21.1. The fourth-order valence-electron chi connectivity index (χ4n) is 2.40. The molecule has 3 N–H and O–H groups in total. The molecule has 0 aliphatic carbocycles. The highest BCUT2D eigenvalue weighted by atomic mass is 16.5. The van der Waals surface area contributed by atoms with Crippen molar-refractivity contribution < 1.29 is 14.3 Å². The second kappa shape index (κ2) is 7.82. The van der Waals surface area contributed by atoms with Crippen LogP contribution in [0.2, 0.25) is 0 Å². The lowest BCUT2D eigenvalue weighted by Crippen LogP contribution is -2.34. The fourth-order valence-corrected chi connectivity index (χ4v) is 2.40. The molecular formula is C16H24N4O3. The molecule has 0 radical (unpaired) electrons. The van der Waals surface area contributed by atoms with E-state index in [1.165, 1.54) is 0 Å². The quantitative estimate of drug-likeness (QED) is 0.625. The number of benzene rings is 1. The van der Waals surface area contributed by atoms with Crippen LogP contribution in [-0.2, 0) is 9.53 Å². The first-order chi connectivity index (χ1) is 11.0. The maximum Gasteiger partial charge on any atom is 0.251 e. The molecule has 7 heteroatoms. The maximum atomic E-state index is 11.8. The highest BCUT2D eigenvalue weighted by molar-refractivity contribution is 5.92. The van der Waals surface area contributed by atoms with Gasteiger partial charge in [0.05, 0.1) is 19.8 Å². The summed E-state index contributed by atoms with van der Waals surface area (Å²) in [6.07, 6.45) is 1.09. The van der Waals surface area contributed by atoms with Crippen LogP contribution in [-0.4, -0.2) is 56.7 Å². The van der Waals surface area contributed by atoms with E-state index in [0.717, 1.165) is 24.3 Å². The van der Waals surface area contributed by atoms with E-state index in [9.17, 15) is 4.79 Å². The lowest BCUT2D eigenvalue weighted by atomic mass is 10.2. The van der Waals surface area contributed by atoms with Crippen molar-refractivity contribution >= 4 is 17.6 Å². The molecule has 0 bridgehead atoms. The topological polar surface area (TPSA) is 89.2 Å². The molecule has 2 rings (SSSR count). The van der Waals surface area contributed by atoms with Crippen LogP contribution >= 0.6 is 0 Å². The number of amides is 1. The van der Waals surface area contributed by atoms with Gasteiger partial charge in [-0.2, -0.15) is 0 Å². The molecule has 1 amide bonds. The molecule has 1 aliphatic heterocycles. The minimum Gasteiger partial charge on any atom is -0.497 e. The zero-order valence-electron chi connectivity index (χ0n) is 13.8. The number of ether oxygens (including phenoxy) is 2. The third-order valence-corrected chi connectivity index (χ3v) is 3.63. The molecule has 0 aromatic heterocycles. The number of hydrogen-bond acceptors (Lipinski definition) is 4. The van der Waals surface area contributed by atoms with Gasteiger partial charge in [-0.05, 0) is 25.0 Å². The lowest BCUT2D eigenvalue weighted by molar-refractivity contribution is -0.140. The third kappa shape index (κ3) is 4.85. The predicted molar refractivity (Wildman–Crippen MR) is 89.7 cm³/mol. The Morgan fingerprint density at radius 2 is 2.26 bits per heavy atom. The van der Waals surface area contributed by atoms with Crippen LogP contribution in [0.5, 0.6) is 5.75 Å². The fraction of sp³-hybridized carbons (Fsp3) is 0.500. The molecule has 0 spiro atoms. The van der Waals surface area contributed by atoms with Crippen molar-refractivity contribution in [1.82, 2.24) is 4.90 Å². The Morgan fingerprint density at radius 1 is 1.48 bits per heavy atom. The lowest BCUT2D eigenvalue weighted by Gasteiger charge is -2.16. The summed E-state index contributed by atoms with van der Waals surface area (Å²) >= 11 is 0. The van der Waals surface area contributed by atoms with Gasteiger partial charge < -0.3 is 25.4 Å². The van der Waals surface area contributed by atoms with Gasteiger partial charge in [0.25, 0.3) is 5.91 Å². The first-order valence-electron chi connectivity index (χ1n) is 7.57. The summed E-state index contributed by atoms with van der Waals surface area (Å²) in [5, 5.41) is 3.01. The largest absolute Gasteiger partial charge is 0.497 e. The van der Waals surface area contributed by atoms with Gasteiger partial charge in [-0.3, -0.25) is 9.79 Å². The van der Waals surface area contributed by atoms with Crippen LogP contribution in [0.25, 0.3) is 0 Å². The number of aliphatic imine (C=N–C) groups is 1. The molecule has 1 heterocycles. The van der Waals surface area contributed by atoms with E-state index in [0.29, 0.717) is 12.5 Å².